The molecule has 258 valence electrons. The van der Waals surface area contributed by atoms with Crippen molar-refractivity contribution in [3.63, 3.8) is 0 Å². The normalized spacial score (nSPS) is 12.2. The number of nitrogens with zero attached hydrogens (tertiary/aromatic N) is 2. The second kappa shape index (κ2) is 24.0. The molecule has 2 atom stereocenters. The molecule has 7 N–H and O–H groups in total. The predicted molar refractivity (Wildman–Crippen MR) is 167 cm³/mol. The SMILES string of the molecule is O=C(O)CCC(NC(=O)NC(CCCCNC(=O)CCCCCCCCCCN(CC(=O)O)Cc1ccccn1)C(=O)O)C(=O)O. The summed E-state index contributed by atoms with van der Waals surface area (Å²) in [6, 6.07) is 1.86. The van der Waals surface area contributed by atoms with E-state index in [0.717, 1.165) is 57.1 Å². The Morgan fingerprint density at radius 3 is 1.87 bits per heavy atom. The third-order valence-corrected chi connectivity index (χ3v) is 7.19. The number of aromatic nitrogens is 1. The number of aliphatic carboxylic acids is 4. The molecule has 15 nitrogen and oxygen atoms in total. The van der Waals surface area contributed by atoms with Crippen LogP contribution in [0.15, 0.2) is 24.4 Å². The van der Waals surface area contributed by atoms with Gasteiger partial charge in [-0.2, -0.15) is 0 Å². The third kappa shape index (κ3) is 20.6. The molecule has 1 aromatic heterocycles. The predicted octanol–water partition coefficient (Wildman–Crippen LogP) is 2.84. The molecule has 1 aromatic rings. The highest BCUT2D eigenvalue weighted by Crippen LogP contribution is 2.11. The fourth-order valence-electron chi connectivity index (χ4n) is 4.74. The second-order valence-electron chi connectivity index (χ2n) is 11.2. The van der Waals surface area contributed by atoms with Crippen LogP contribution in [-0.4, -0.2) is 97.8 Å². The van der Waals surface area contributed by atoms with Crippen LogP contribution in [0.25, 0.3) is 0 Å². The lowest BCUT2D eigenvalue weighted by Gasteiger charge is -2.19. The van der Waals surface area contributed by atoms with Crippen molar-refractivity contribution in [1.29, 1.82) is 0 Å². The maximum absolute atomic E-state index is 12.1. The molecule has 0 fully saturated rings. The number of unbranched alkanes of at least 4 members (excludes halogenated alkanes) is 8. The van der Waals surface area contributed by atoms with E-state index in [0.29, 0.717) is 38.9 Å². The Hall–Kier alpha value is -4.27. The van der Waals surface area contributed by atoms with Gasteiger partial charge < -0.3 is 36.4 Å². The molecule has 46 heavy (non-hydrogen) atoms. The van der Waals surface area contributed by atoms with Crippen molar-refractivity contribution in [3.05, 3.63) is 30.1 Å². The number of nitrogens with one attached hydrogen (secondary N) is 3. The Kier molecular flexibility index (Phi) is 20.8. The molecular formula is C31H49N5O10. The van der Waals surface area contributed by atoms with Crippen molar-refractivity contribution in [2.75, 3.05) is 19.6 Å². The first-order valence-electron chi connectivity index (χ1n) is 15.8. The number of carbonyl (C=O) groups is 6. The maximum Gasteiger partial charge on any atom is 0.326 e. The Bertz CT molecular complexity index is 1090. The van der Waals surface area contributed by atoms with Crippen LogP contribution in [0.5, 0.6) is 0 Å². The van der Waals surface area contributed by atoms with Gasteiger partial charge in [-0.05, 0) is 57.2 Å². The highest BCUT2D eigenvalue weighted by Gasteiger charge is 2.24. The Morgan fingerprint density at radius 2 is 1.30 bits per heavy atom. The lowest BCUT2D eigenvalue weighted by atomic mass is 10.1. The van der Waals surface area contributed by atoms with E-state index >= 15 is 0 Å². The number of rotatable bonds is 27. The molecule has 0 aliphatic rings. The summed E-state index contributed by atoms with van der Waals surface area (Å²) in [6.07, 6.45) is 10.2. The molecule has 2 unspecified atom stereocenters. The van der Waals surface area contributed by atoms with Crippen LogP contribution in [-0.2, 0) is 30.5 Å². The quantitative estimate of drug-likeness (QED) is 0.0680. The third-order valence-electron chi connectivity index (χ3n) is 7.19. The standard InChI is InChI=1S/C31H49N5O10/c37-26(33-19-11-9-14-24(29(42)43)34-31(46)35-25(30(44)45)16-17-27(38)39)15-7-5-3-1-2-4-6-12-20-36(22-28(40)41)21-23-13-8-10-18-32-23/h8,10,13,18,24-25H,1-7,9,11-12,14-17,19-22H2,(H,33,37)(H,38,39)(H,40,41)(H,42,43)(H,44,45)(H2,34,35,46). The van der Waals surface area contributed by atoms with Gasteiger partial charge in [0, 0.05) is 32.1 Å². The minimum absolute atomic E-state index is 0.00920. The average Bonchev–Trinajstić information content (AvgIpc) is 2.99. The summed E-state index contributed by atoms with van der Waals surface area (Å²) in [5.74, 6) is -4.87. The van der Waals surface area contributed by atoms with Crippen molar-refractivity contribution in [1.82, 2.24) is 25.8 Å². The van der Waals surface area contributed by atoms with Gasteiger partial charge in [0.15, 0.2) is 0 Å². The lowest BCUT2D eigenvalue weighted by molar-refractivity contribution is -0.141. The van der Waals surface area contributed by atoms with Gasteiger partial charge in [0.2, 0.25) is 5.91 Å². The summed E-state index contributed by atoms with van der Waals surface area (Å²) in [7, 11) is 0. The minimum Gasteiger partial charge on any atom is -0.481 e. The molecule has 15 heteroatoms. The van der Waals surface area contributed by atoms with Gasteiger partial charge in [-0.15, -0.1) is 0 Å². The van der Waals surface area contributed by atoms with Crippen LogP contribution in [0, 0.1) is 0 Å². The molecule has 0 spiro atoms. The summed E-state index contributed by atoms with van der Waals surface area (Å²) >= 11 is 0. The van der Waals surface area contributed by atoms with Gasteiger partial charge in [-0.1, -0.05) is 44.6 Å². The van der Waals surface area contributed by atoms with Crippen molar-refractivity contribution >= 4 is 35.8 Å². The Labute approximate surface area is 269 Å². The van der Waals surface area contributed by atoms with Crippen LogP contribution < -0.4 is 16.0 Å². The smallest absolute Gasteiger partial charge is 0.326 e. The van der Waals surface area contributed by atoms with Crippen molar-refractivity contribution < 1.29 is 49.2 Å². The summed E-state index contributed by atoms with van der Waals surface area (Å²) in [4.78, 5) is 74.8. The summed E-state index contributed by atoms with van der Waals surface area (Å²) < 4.78 is 0. The minimum atomic E-state index is -1.47. The zero-order valence-electron chi connectivity index (χ0n) is 26.3. The molecule has 0 radical (unpaired) electrons. The fraction of sp³-hybridized carbons (Fsp3) is 0.645. The van der Waals surface area contributed by atoms with Crippen LogP contribution in [0.4, 0.5) is 4.79 Å². The van der Waals surface area contributed by atoms with Gasteiger partial charge >= 0.3 is 29.9 Å². The molecule has 0 aliphatic heterocycles. The van der Waals surface area contributed by atoms with Gasteiger partial charge in [0.1, 0.15) is 12.1 Å². The topological polar surface area (TPSA) is 236 Å². The van der Waals surface area contributed by atoms with E-state index in [4.69, 9.17) is 10.2 Å². The number of carboxylic acids is 4. The second-order valence-corrected chi connectivity index (χ2v) is 11.2. The van der Waals surface area contributed by atoms with Crippen molar-refractivity contribution in [3.8, 4) is 0 Å². The molecule has 1 heterocycles. The molecule has 0 saturated heterocycles. The van der Waals surface area contributed by atoms with Gasteiger partial charge in [-0.25, -0.2) is 14.4 Å². The molecule has 0 bridgehead atoms. The van der Waals surface area contributed by atoms with Crippen LogP contribution >= 0.6 is 0 Å². The van der Waals surface area contributed by atoms with Gasteiger partial charge in [0.25, 0.3) is 0 Å². The van der Waals surface area contributed by atoms with Gasteiger partial charge in [0.05, 0.1) is 12.2 Å². The molecule has 0 saturated carbocycles. The summed E-state index contributed by atoms with van der Waals surface area (Å²) in [5, 5.41) is 43.4. The number of urea groups is 1. The molecule has 1 rings (SSSR count). The number of carboxylic acid groups (broad SMARTS) is 4. The number of hydrogen-bond donors (Lipinski definition) is 7. The lowest BCUT2D eigenvalue weighted by Crippen LogP contribution is -2.51. The van der Waals surface area contributed by atoms with E-state index in [9.17, 15) is 39.0 Å². The Morgan fingerprint density at radius 1 is 0.696 bits per heavy atom. The average molecular weight is 652 g/mol. The van der Waals surface area contributed by atoms with Crippen molar-refractivity contribution in [2.24, 2.45) is 0 Å². The zero-order chi connectivity index (χ0) is 34.2. The highest BCUT2D eigenvalue weighted by molar-refractivity contribution is 5.86. The van der Waals surface area contributed by atoms with E-state index in [1.807, 2.05) is 23.1 Å². The van der Waals surface area contributed by atoms with Crippen LogP contribution in [0.2, 0.25) is 0 Å². The number of amides is 3. The fourth-order valence-corrected chi connectivity index (χ4v) is 4.74. The number of hydrogen-bond acceptors (Lipinski definition) is 8. The highest BCUT2D eigenvalue weighted by atomic mass is 16.4. The first-order valence-corrected chi connectivity index (χ1v) is 15.8. The first kappa shape index (κ1) is 39.8. The Balaban J connectivity index is 2.10. The van der Waals surface area contributed by atoms with E-state index in [1.165, 1.54) is 0 Å². The van der Waals surface area contributed by atoms with E-state index < -0.39 is 48.4 Å². The van der Waals surface area contributed by atoms with Crippen LogP contribution in [0.1, 0.15) is 95.6 Å². The number of pyridine rings is 1. The zero-order valence-corrected chi connectivity index (χ0v) is 26.3. The molecule has 3 amide bonds. The first-order chi connectivity index (χ1) is 22.0. The van der Waals surface area contributed by atoms with E-state index in [-0.39, 0.29) is 25.3 Å². The summed E-state index contributed by atoms with van der Waals surface area (Å²) in [6.45, 7) is 1.57. The van der Waals surface area contributed by atoms with Crippen LogP contribution in [0.3, 0.4) is 0 Å². The molecular weight excluding hydrogens is 602 g/mol. The monoisotopic (exact) mass is 651 g/mol. The molecule has 0 aromatic carbocycles. The maximum atomic E-state index is 12.1. The van der Waals surface area contributed by atoms with E-state index in [1.54, 1.807) is 6.20 Å². The molecule has 0 aliphatic carbocycles. The largest absolute Gasteiger partial charge is 0.481 e. The van der Waals surface area contributed by atoms with E-state index in [2.05, 4.69) is 20.9 Å². The van der Waals surface area contributed by atoms with Gasteiger partial charge in [-0.3, -0.25) is 24.3 Å². The van der Waals surface area contributed by atoms with Crippen molar-refractivity contribution in [2.45, 2.75) is 109 Å². The number of carbonyl (C=O) groups excluding carboxylic acids is 2. The summed E-state index contributed by atoms with van der Waals surface area (Å²) in [5.41, 5.74) is 0.853.